The zero-order valence-corrected chi connectivity index (χ0v) is 15.3. The van der Waals surface area contributed by atoms with Gasteiger partial charge in [-0.25, -0.2) is 0 Å². The Hall–Kier alpha value is -2.86. The number of furan rings is 1. The molecule has 1 fully saturated rings. The molecule has 2 atom stereocenters. The highest BCUT2D eigenvalue weighted by atomic mass is 16.5. The minimum Gasteiger partial charge on any atom is -0.465 e. The van der Waals surface area contributed by atoms with Gasteiger partial charge in [0.2, 0.25) is 11.8 Å². The Morgan fingerprint density at radius 2 is 2.00 bits per heavy atom. The third kappa shape index (κ3) is 5.56. The lowest BCUT2D eigenvalue weighted by atomic mass is 10.1. The number of carbonyl (C=O) groups excluding carboxylic acids is 2. The molecule has 2 unspecified atom stereocenters. The van der Waals surface area contributed by atoms with E-state index in [4.69, 9.17) is 9.15 Å². The Morgan fingerprint density at radius 1 is 1.19 bits per heavy atom. The fraction of sp³-hybridized carbons (Fsp3) is 0.333. The number of hydrogen-bond donors (Lipinski definition) is 1. The molecule has 142 valence electrons. The number of ether oxygens (including phenoxy) is 1. The minimum absolute atomic E-state index is 0.0152. The standard InChI is InChI=1S/C21H24N2O4/c1-16-14-23(15-19(27-16)17-6-3-2-4-7-17)21(25)11-12-22-20(24)10-9-18-8-5-13-26-18/h2-10,13,16,19H,11-12,14-15H2,1H3,(H,22,24)/b10-9+. The van der Waals surface area contributed by atoms with Gasteiger partial charge in [0.25, 0.3) is 0 Å². The monoisotopic (exact) mass is 368 g/mol. The number of morpholine rings is 1. The molecule has 27 heavy (non-hydrogen) atoms. The zero-order valence-electron chi connectivity index (χ0n) is 15.3. The summed E-state index contributed by atoms with van der Waals surface area (Å²) < 4.78 is 11.1. The first kappa shape index (κ1) is 18.9. The summed E-state index contributed by atoms with van der Waals surface area (Å²) in [5.41, 5.74) is 1.07. The predicted octanol–water partition coefficient (Wildman–Crippen LogP) is 2.79. The van der Waals surface area contributed by atoms with Crippen LogP contribution in [0.3, 0.4) is 0 Å². The van der Waals surface area contributed by atoms with Gasteiger partial charge in [0.1, 0.15) is 11.9 Å². The van der Waals surface area contributed by atoms with Crippen molar-refractivity contribution < 1.29 is 18.7 Å². The van der Waals surface area contributed by atoms with Gasteiger partial charge in [-0.3, -0.25) is 9.59 Å². The van der Waals surface area contributed by atoms with Gasteiger partial charge >= 0.3 is 0 Å². The van der Waals surface area contributed by atoms with Gasteiger partial charge in [-0.05, 0) is 30.7 Å². The number of amides is 2. The van der Waals surface area contributed by atoms with Crippen LogP contribution in [0.2, 0.25) is 0 Å². The van der Waals surface area contributed by atoms with Crippen molar-refractivity contribution in [2.45, 2.75) is 25.6 Å². The number of hydrogen-bond acceptors (Lipinski definition) is 4. The van der Waals surface area contributed by atoms with Crippen molar-refractivity contribution in [2.24, 2.45) is 0 Å². The molecule has 2 amide bonds. The van der Waals surface area contributed by atoms with Gasteiger partial charge in [-0.1, -0.05) is 30.3 Å². The number of nitrogens with zero attached hydrogens (tertiary/aromatic N) is 1. The first-order valence-corrected chi connectivity index (χ1v) is 9.09. The molecule has 0 radical (unpaired) electrons. The van der Waals surface area contributed by atoms with E-state index in [1.165, 1.54) is 6.08 Å². The van der Waals surface area contributed by atoms with E-state index in [0.717, 1.165) is 5.56 Å². The molecule has 1 aliphatic heterocycles. The van der Waals surface area contributed by atoms with Gasteiger partial charge in [0, 0.05) is 25.6 Å². The SMILES string of the molecule is CC1CN(C(=O)CCNC(=O)/C=C/c2ccco2)CC(c2ccccc2)O1. The quantitative estimate of drug-likeness (QED) is 0.796. The molecule has 2 aromatic rings. The smallest absolute Gasteiger partial charge is 0.244 e. The van der Waals surface area contributed by atoms with Crippen LogP contribution in [0.25, 0.3) is 6.08 Å². The molecule has 0 saturated carbocycles. The van der Waals surface area contributed by atoms with Gasteiger partial charge in [-0.2, -0.15) is 0 Å². The van der Waals surface area contributed by atoms with Crippen molar-refractivity contribution in [2.75, 3.05) is 19.6 Å². The number of carbonyl (C=O) groups is 2. The Kier molecular flexibility index (Phi) is 6.44. The second-order valence-corrected chi connectivity index (χ2v) is 6.53. The van der Waals surface area contributed by atoms with Crippen LogP contribution >= 0.6 is 0 Å². The summed E-state index contributed by atoms with van der Waals surface area (Å²) >= 11 is 0. The lowest BCUT2D eigenvalue weighted by Crippen LogP contribution is -2.46. The summed E-state index contributed by atoms with van der Waals surface area (Å²) in [6, 6.07) is 13.4. The van der Waals surface area contributed by atoms with E-state index >= 15 is 0 Å². The van der Waals surface area contributed by atoms with Crippen LogP contribution in [0.4, 0.5) is 0 Å². The molecule has 1 aliphatic rings. The molecule has 6 nitrogen and oxygen atoms in total. The highest BCUT2D eigenvalue weighted by Crippen LogP contribution is 2.25. The van der Waals surface area contributed by atoms with Crippen LogP contribution in [0, 0.1) is 0 Å². The van der Waals surface area contributed by atoms with Crippen molar-refractivity contribution in [3.05, 3.63) is 66.1 Å². The molecule has 6 heteroatoms. The average Bonchev–Trinajstić information content (AvgIpc) is 3.20. The van der Waals surface area contributed by atoms with Crippen molar-refractivity contribution in [3.63, 3.8) is 0 Å². The predicted molar refractivity (Wildman–Crippen MR) is 102 cm³/mol. The highest BCUT2D eigenvalue weighted by molar-refractivity contribution is 5.91. The van der Waals surface area contributed by atoms with Crippen LogP contribution < -0.4 is 5.32 Å². The maximum atomic E-state index is 12.5. The highest BCUT2D eigenvalue weighted by Gasteiger charge is 2.28. The fourth-order valence-electron chi connectivity index (χ4n) is 3.06. The molecule has 1 saturated heterocycles. The fourth-order valence-corrected chi connectivity index (χ4v) is 3.06. The molecule has 1 aromatic heterocycles. The topological polar surface area (TPSA) is 71.8 Å². The minimum atomic E-state index is -0.253. The zero-order chi connectivity index (χ0) is 19.1. The first-order valence-electron chi connectivity index (χ1n) is 9.09. The average molecular weight is 368 g/mol. The van der Waals surface area contributed by atoms with Gasteiger partial charge in [-0.15, -0.1) is 0 Å². The molecule has 3 rings (SSSR count). The van der Waals surface area contributed by atoms with E-state index in [2.05, 4.69) is 5.32 Å². The van der Waals surface area contributed by atoms with E-state index < -0.39 is 0 Å². The molecule has 1 aromatic carbocycles. The largest absolute Gasteiger partial charge is 0.465 e. The second-order valence-electron chi connectivity index (χ2n) is 6.53. The van der Waals surface area contributed by atoms with E-state index in [9.17, 15) is 9.59 Å². The Balaban J connectivity index is 1.46. The van der Waals surface area contributed by atoms with Crippen LogP contribution in [-0.4, -0.2) is 42.5 Å². The van der Waals surface area contributed by atoms with E-state index in [0.29, 0.717) is 25.4 Å². The third-order valence-electron chi connectivity index (χ3n) is 4.36. The van der Waals surface area contributed by atoms with Crippen molar-refractivity contribution in [1.82, 2.24) is 10.2 Å². The second kappa shape index (κ2) is 9.19. The summed E-state index contributed by atoms with van der Waals surface area (Å²) in [5, 5.41) is 2.72. The van der Waals surface area contributed by atoms with E-state index in [1.807, 2.05) is 42.2 Å². The molecule has 0 bridgehead atoms. The lowest BCUT2D eigenvalue weighted by molar-refractivity contribution is -0.144. The van der Waals surface area contributed by atoms with Crippen LogP contribution in [0.15, 0.2) is 59.2 Å². The van der Waals surface area contributed by atoms with E-state index in [1.54, 1.807) is 24.5 Å². The van der Waals surface area contributed by atoms with Crippen molar-refractivity contribution >= 4 is 17.9 Å². The van der Waals surface area contributed by atoms with Crippen molar-refractivity contribution in [3.8, 4) is 0 Å². The molecule has 2 heterocycles. The summed E-state index contributed by atoms with van der Waals surface area (Å²) in [6.45, 7) is 3.35. The maximum absolute atomic E-state index is 12.5. The van der Waals surface area contributed by atoms with Crippen LogP contribution in [0.5, 0.6) is 0 Å². The lowest BCUT2D eigenvalue weighted by Gasteiger charge is -2.37. The van der Waals surface area contributed by atoms with Gasteiger partial charge < -0.3 is 19.4 Å². The molecular weight excluding hydrogens is 344 g/mol. The first-order chi connectivity index (χ1) is 13.1. The molecule has 1 N–H and O–H groups in total. The van der Waals surface area contributed by atoms with Gasteiger partial charge in [0.15, 0.2) is 0 Å². The summed E-state index contributed by atoms with van der Waals surface area (Å²) in [4.78, 5) is 26.1. The summed E-state index contributed by atoms with van der Waals surface area (Å²) in [7, 11) is 0. The van der Waals surface area contributed by atoms with Crippen LogP contribution in [-0.2, 0) is 14.3 Å². The summed E-state index contributed by atoms with van der Waals surface area (Å²) in [5.74, 6) is 0.369. The summed E-state index contributed by atoms with van der Waals surface area (Å²) in [6.07, 6.45) is 4.64. The number of rotatable bonds is 6. The number of nitrogens with one attached hydrogen (secondary N) is 1. The normalized spacial score (nSPS) is 20.0. The number of benzene rings is 1. The molecule has 0 aliphatic carbocycles. The third-order valence-corrected chi connectivity index (χ3v) is 4.36. The Labute approximate surface area is 158 Å². The maximum Gasteiger partial charge on any atom is 0.244 e. The Bertz CT molecular complexity index is 771. The molecular formula is C21H24N2O4. The van der Waals surface area contributed by atoms with Crippen molar-refractivity contribution in [1.29, 1.82) is 0 Å². The molecule has 0 spiro atoms. The van der Waals surface area contributed by atoms with E-state index in [-0.39, 0.29) is 30.4 Å². The Morgan fingerprint density at radius 3 is 2.74 bits per heavy atom. The van der Waals surface area contributed by atoms with Gasteiger partial charge in [0.05, 0.1) is 18.9 Å². The van der Waals surface area contributed by atoms with Crippen LogP contribution in [0.1, 0.15) is 30.8 Å².